The topological polar surface area (TPSA) is 54.4 Å². The van der Waals surface area contributed by atoms with Crippen LogP contribution in [0.3, 0.4) is 0 Å². The summed E-state index contributed by atoms with van der Waals surface area (Å²) in [4.78, 5) is 23.0. The van der Waals surface area contributed by atoms with E-state index in [0.717, 1.165) is 5.56 Å². The summed E-state index contributed by atoms with van der Waals surface area (Å²) in [6.07, 6.45) is 0.846. The molecular formula is C15H19ClO3. The third kappa shape index (κ3) is 5.88. The van der Waals surface area contributed by atoms with Crippen molar-refractivity contribution >= 4 is 23.4 Å². The quantitative estimate of drug-likeness (QED) is 0.831. The van der Waals surface area contributed by atoms with Gasteiger partial charge in [-0.05, 0) is 30.0 Å². The Hall–Kier alpha value is -1.35. The third-order valence-corrected chi connectivity index (χ3v) is 3.10. The molecule has 0 amide bonds. The molecule has 1 N–H and O–H groups in total. The van der Waals surface area contributed by atoms with Crippen molar-refractivity contribution in [2.45, 2.75) is 33.1 Å². The highest BCUT2D eigenvalue weighted by Crippen LogP contribution is 2.18. The Morgan fingerprint density at radius 2 is 2.00 bits per heavy atom. The molecule has 104 valence electrons. The minimum atomic E-state index is -0.895. The molecule has 3 nitrogen and oxygen atoms in total. The Labute approximate surface area is 118 Å². The van der Waals surface area contributed by atoms with E-state index in [2.05, 4.69) is 0 Å². The fourth-order valence-electron chi connectivity index (χ4n) is 2.06. The molecule has 0 bridgehead atoms. The number of benzene rings is 1. The van der Waals surface area contributed by atoms with Gasteiger partial charge in [0.15, 0.2) is 0 Å². The molecule has 4 heteroatoms. The van der Waals surface area contributed by atoms with E-state index in [-0.39, 0.29) is 24.5 Å². The summed E-state index contributed by atoms with van der Waals surface area (Å²) in [5.74, 6) is -1.28. The van der Waals surface area contributed by atoms with E-state index in [1.807, 2.05) is 19.9 Å². The number of Topliss-reactive ketones (excluding diaryl/α,β-unsaturated/α-hetero) is 1. The van der Waals surface area contributed by atoms with Gasteiger partial charge in [-0.2, -0.15) is 0 Å². The molecule has 0 spiro atoms. The lowest BCUT2D eigenvalue weighted by molar-refractivity contribution is -0.144. The Kier molecular flexibility index (Phi) is 6.03. The van der Waals surface area contributed by atoms with Crippen molar-refractivity contribution in [3.05, 3.63) is 34.9 Å². The van der Waals surface area contributed by atoms with Crippen LogP contribution in [-0.4, -0.2) is 16.9 Å². The van der Waals surface area contributed by atoms with Gasteiger partial charge in [-0.15, -0.1) is 0 Å². The number of halogens is 1. The number of hydrogen-bond donors (Lipinski definition) is 1. The smallest absolute Gasteiger partial charge is 0.306 e. The summed E-state index contributed by atoms with van der Waals surface area (Å²) in [6, 6.07) is 7.09. The van der Waals surface area contributed by atoms with Crippen molar-refractivity contribution in [3.8, 4) is 0 Å². The van der Waals surface area contributed by atoms with E-state index in [0.29, 0.717) is 11.4 Å². The molecule has 0 aliphatic rings. The molecule has 0 fully saturated rings. The largest absolute Gasteiger partial charge is 0.481 e. The molecule has 0 radical (unpaired) electrons. The molecule has 0 unspecified atom stereocenters. The van der Waals surface area contributed by atoms with Gasteiger partial charge in [-0.25, -0.2) is 0 Å². The Morgan fingerprint density at radius 1 is 1.32 bits per heavy atom. The molecule has 0 aliphatic carbocycles. The van der Waals surface area contributed by atoms with Crippen LogP contribution in [0.2, 0.25) is 5.02 Å². The number of ketones is 1. The average Bonchev–Trinajstić information content (AvgIpc) is 2.27. The van der Waals surface area contributed by atoms with Crippen LogP contribution in [0.4, 0.5) is 0 Å². The molecule has 0 aliphatic heterocycles. The van der Waals surface area contributed by atoms with Gasteiger partial charge in [0.2, 0.25) is 0 Å². The van der Waals surface area contributed by atoms with E-state index in [9.17, 15) is 9.59 Å². The third-order valence-electron chi connectivity index (χ3n) is 2.87. The first-order chi connectivity index (χ1) is 8.88. The van der Waals surface area contributed by atoms with Crippen molar-refractivity contribution in [3.63, 3.8) is 0 Å². The second-order valence-electron chi connectivity index (χ2n) is 5.21. The second-order valence-corrected chi connectivity index (χ2v) is 5.65. The number of carboxylic acid groups (broad SMARTS) is 1. The number of carboxylic acids is 1. The molecule has 1 aromatic carbocycles. The fourth-order valence-corrected chi connectivity index (χ4v) is 2.27. The minimum Gasteiger partial charge on any atom is -0.481 e. The first-order valence-electron chi connectivity index (χ1n) is 6.37. The normalized spacial score (nSPS) is 12.4. The lowest BCUT2D eigenvalue weighted by Crippen LogP contribution is -2.20. The Morgan fingerprint density at radius 3 is 2.53 bits per heavy atom. The molecule has 0 saturated carbocycles. The van der Waals surface area contributed by atoms with Gasteiger partial charge >= 0.3 is 5.97 Å². The first-order valence-corrected chi connectivity index (χ1v) is 6.75. The van der Waals surface area contributed by atoms with E-state index in [1.165, 1.54) is 0 Å². The predicted octanol–water partition coefficient (Wildman–Crippen LogP) is 3.59. The summed E-state index contributed by atoms with van der Waals surface area (Å²) < 4.78 is 0. The molecule has 0 heterocycles. The predicted molar refractivity (Wildman–Crippen MR) is 75.4 cm³/mol. The number of carbonyl (C=O) groups excluding carboxylic acids is 1. The number of aliphatic carboxylic acids is 1. The maximum Gasteiger partial charge on any atom is 0.306 e. The van der Waals surface area contributed by atoms with Crippen LogP contribution < -0.4 is 0 Å². The van der Waals surface area contributed by atoms with E-state index < -0.39 is 11.9 Å². The number of hydrogen-bond acceptors (Lipinski definition) is 2. The number of carbonyl (C=O) groups is 2. The van der Waals surface area contributed by atoms with Crippen LogP contribution >= 0.6 is 11.6 Å². The summed E-state index contributed by atoms with van der Waals surface area (Å²) in [5.41, 5.74) is 0.825. The first kappa shape index (κ1) is 15.7. The van der Waals surface area contributed by atoms with Crippen molar-refractivity contribution in [2.75, 3.05) is 0 Å². The fraction of sp³-hybridized carbons (Fsp3) is 0.467. The van der Waals surface area contributed by atoms with Gasteiger partial charge in [0.1, 0.15) is 5.78 Å². The van der Waals surface area contributed by atoms with E-state index >= 15 is 0 Å². The highest BCUT2D eigenvalue weighted by atomic mass is 35.5. The monoisotopic (exact) mass is 282 g/mol. The lowest BCUT2D eigenvalue weighted by Gasteiger charge is -2.13. The van der Waals surface area contributed by atoms with Gasteiger partial charge < -0.3 is 5.11 Å². The second kappa shape index (κ2) is 7.29. The summed E-state index contributed by atoms with van der Waals surface area (Å²) >= 11 is 5.85. The average molecular weight is 283 g/mol. The van der Waals surface area contributed by atoms with Gasteiger partial charge in [-0.3, -0.25) is 9.59 Å². The minimum absolute atomic E-state index is 0.0599. The van der Waals surface area contributed by atoms with Crippen LogP contribution in [0.15, 0.2) is 24.3 Å². The van der Waals surface area contributed by atoms with Crippen LogP contribution in [-0.2, 0) is 16.0 Å². The van der Waals surface area contributed by atoms with Gasteiger partial charge in [0.25, 0.3) is 0 Å². The molecule has 1 atom stereocenters. The Balaban J connectivity index is 2.60. The molecule has 1 aromatic rings. The van der Waals surface area contributed by atoms with Crippen LogP contribution in [0.5, 0.6) is 0 Å². The van der Waals surface area contributed by atoms with E-state index in [4.69, 9.17) is 16.7 Å². The maximum atomic E-state index is 11.9. The zero-order chi connectivity index (χ0) is 14.4. The zero-order valence-electron chi connectivity index (χ0n) is 11.2. The van der Waals surface area contributed by atoms with Gasteiger partial charge in [0.05, 0.1) is 5.92 Å². The standard InChI is InChI=1S/C15H19ClO3/c1-10(2)6-12(15(18)19)9-14(17)8-11-4-3-5-13(16)7-11/h3-5,7,10,12H,6,8-9H2,1-2H3,(H,18,19)/t12-/m1/s1. The van der Waals surface area contributed by atoms with Crippen LogP contribution in [0.25, 0.3) is 0 Å². The van der Waals surface area contributed by atoms with Crippen molar-refractivity contribution in [1.29, 1.82) is 0 Å². The summed E-state index contributed by atoms with van der Waals surface area (Å²) in [5, 5.41) is 9.69. The molecule has 1 rings (SSSR count). The molecular weight excluding hydrogens is 264 g/mol. The Bertz CT molecular complexity index is 454. The maximum absolute atomic E-state index is 11.9. The molecule has 19 heavy (non-hydrogen) atoms. The number of rotatable bonds is 7. The van der Waals surface area contributed by atoms with Crippen molar-refractivity contribution in [1.82, 2.24) is 0 Å². The van der Waals surface area contributed by atoms with Gasteiger partial charge in [-0.1, -0.05) is 37.6 Å². The SMILES string of the molecule is CC(C)C[C@H](CC(=O)Cc1cccc(Cl)c1)C(=O)O. The zero-order valence-corrected chi connectivity index (χ0v) is 12.0. The molecule has 0 aromatic heterocycles. The van der Waals surface area contributed by atoms with Crippen molar-refractivity contribution in [2.24, 2.45) is 11.8 Å². The summed E-state index contributed by atoms with van der Waals surface area (Å²) in [6.45, 7) is 3.91. The highest BCUT2D eigenvalue weighted by molar-refractivity contribution is 6.30. The van der Waals surface area contributed by atoms with E-state index in [1.54, 1.807) is 18.2 Å². The lowest BCUT2D eigenvalue weighted by atomic mass is 9.91. The van der Waals surface area contributed by atoms with Gasteiger partial charge in [0, 0.05) is 17.9 Å². The molecule has 0 saturated heterocycles. The van der Waals surface area contributed by atoms with Crippen LogP contribution in [0.1, 0.15) is 32.3 Å². The summed E-state index contributed by atoms with van der Waals surface area (Å²) in [7, 11) is 0. The highest BCUT2D eigenvalue weighted by Gasteiger charge is 2.22. The van der Waals surface area contributed by atoms with Crippen molar-refractivity contribution < 1.29 is 14.7 Å². The van der Waals surface area contributed by atoms with Crippen LogP contribution in [0, 0.1) is 11.8 Å².